The maximum Gasteiger partial charge on any atom is 0.0116 e. The molecular formula is C19H33N. The Hall–Kier alpha value is -0.820. The highest BCUT2D eigenvalue weighted by atomic mass is 14.9. The summed E-state index contributed by atoms with van der Waals surface area (Å²) in [5.74, 6) is 0. The van der Waals surface area contributed by atoms with Crippen molar-refractivity contribution >= 4 is 0 Å². The predicted octanol–water partition coefficient (Wildman–Crippen LogP) is 4.96. The van der Waals surface area contributed by atoms with Crippen LogP contribution in [0, 0.1) is 26.2 Å². The Morgan fingerprint density at radius 3 is 2.05 bits per heavy atom. The van der Waals surface area contributed by atoms with Crippen molar-refractivity contribution in [3.05, 3.63) is 34.4 Å². The standard InChI is InChI=1S/C19H33N/c1-8-20-18(19(5,6)7)11-9-10-17-15(3)12-14(2)13-16(17)4/h12-13,18,20H,8-11H2,1-7H3. The molecule has 0 aliphatic heterocycles. The molecular weight excluding hydrogens is 242 g/mol. The molecule has 0 saturated heterocycles. The van der Waals surface area contributed by atoms with Crippen LogP contribution in [-0.4, -0.2) is 12.6 Å². The molecule has 0 spiro atoms. The van der Waals surface area contributed by atoms with Crippen LogP contribution < -0.4 is 5.32 Å². The molecule has 1 nitrogen and oxygen atoms in total. The molecule has 0 amide bonds. The molecule has 0 heterocycles. The molecule has 114 valence electrons. The zero-order valence-electron chi connectivity index (χ0n) is 14.6. The van der Waals surface area contributed by atoms with Gasteiger partial charge in [0.1, 0.15) is 0 Å². The van der Waals surface area contributed by atoms with Crippen LogP contribution >= 0.6 is 0 Å². The van der Waals surface area contributed by atoms with E-state index in [0.29, 0.717) is 11.5 Å². The molecule has 20 heavy (non-hydrogen) atoms. The highest BCUT2D eigenvalue weighted by Crippen LogP contribution is 2.25. The molecule has 1 unspecified atom stereocenters. The van der Waals surface area contributed by atoms with Crippen molar-refractivity contribution < 1.29 is 0 Å². The van der Waals surface area contributed by atoms with Gasteiger partial charge in [-0.1, -0.05) is 45.4 Å². The summed E-state index contributed by atoms with van der Waals surface area (Å²) in [5, 5.41) is 3.65. The van der Waals surface area contributed by atoms with Gasteiger partial charge in [0, 0.05) is 6.04 Å². The van der Waals surface area contributed by atoms with Crippen molar-refractivity contribution in [3.8, 4) is 0 Å². The van der Waals surface area contributed by atoms with Gasteiger partial charge in [-0.15, -0.1) is 0 Å². The normalized spacial score (nSPS) is 13.6. The summed E-state index contributed by atoms with van der Waals surface area (Å²) in [6.45, 7) is 17.0. The Labute approximate surface area is 126 Å². The summed E-state index contributed by atoms with van der Waals surface area (Å²) >= 11 is 0. The molecule has 1 aromatic carbocycles. The minimum atomic E-state index is 0.341. The topological polar surface area (TPSA) is 12.0 Å². The molecule has 1 rings (SSSR count). The van der Waals surface area contributed by atoms with Crippen LogP contribution in [0.25, 0.3) is 0 Å². The molecule has 0 fully saturated rings. The molecule has 1 N–H and O–H groups in total. The third-order valence-corrected chi connectivity index (χ3v) is 4.26. The van der Waals surface area contributed by atoms with E-state index in [0.717, 1.165) is 6.54 Å². The van der Waals surface area contributed by atoms with E-state index in [-0.39, 0.29) is 0 Å². The summed E-state index contributed by atoms with van der Waals surface area (Å²) in [6.07, 6.45) is 3.72. The summed E-state index contributed by atoms with van der Waals surface area (Å²) < 4.78 is 0. The van der Waals surface area contributed by atoms with Gasteiger partial charge in [0.05, 0.1) is 0 Å². The van der Waals surface area contributed by atoms with Crippen LogP contribution in [0.15, 0.2) is 12.1 Å². The van der Waals surface area contributed by atoms with E-state index in [4.69, 9.17) is 0 Å². The Morgan fingerprint density at radius 2 is 1.60 bits per heavy atom. The van der Waals surface area contributed by atoms with E-state index in [1.54, 1.807) is 5.56 Å². The Bertz CT molecular complexity index is 403. The lowest BCUT2D eigenvalue weighted by atomic mass is 9.83. The molecule has 1 heteroatoms. The fourth-order valence-electron chi connectivity index (χ4n) is 3.17. The van der Waals surface area contributed by atoms with E-state index in [1.807, 2.05) is 0 Å². The SMILES string of the molecule is CCNC(CCCc1c(C)cc(C)cc1C)C(C)(C)C. The highest BCUT2D eigenvalue weighted by molar-refractivity contribution is 5.37. The van der Waals surface area contributed by atoms with Crippen LogP contribution in [0.4, 0.5) is 0 Å². The summed E-state index contributed by atoms with van der Waals surface area (Å²) in [6, 6.07) is 5.24. The van der Waals surface area contributed by atoms with E-state index in [2.05, 4.69) is 65.9 Å². The average Bonchev–Trinajstić information content (AvgIpc) is 2.29. The molecule has 0 aliphatic rings. The summed E-state index contributed by atoms with van der Waals surface area (Å²) in [7, 11) is 0. The van der Waals surface area contributed by atoms with E-state index >= 15 is 0 Å². The van der Waals surface area contributed by atoms with Gasteiger partial charge >= 0.3 is 0 Å². The van der Waals surface area contributed by atoms with Gasteiger partial charge in [0.25, 0.3) is 0 Å². The number of hydrogen-bond acceptors (Lipinski definition) is 1. The minimum absolute atomic E-state index is 0.341. The summed E-state index contributed by atoms with van der Waals surface area (Å²) in [5.41, 5.74) is 6.19. The van der Waals surface area contributed by atoms with Gasteiger partial charge in [-0.3, -0.25) is 0 Å². The second-order valence-electron chi connectivity index (χ2n) is 7.25. The minimum Gasteiger partial charge on any atom is -0.314 e. The molecule has 0 bridgehead atoms. The molecule has 1 aromatic rings. The number of aryl methyl sites for hydroxylation is 3. The summed E-state index contributed by atoms with van der Waals surface area (Å²) in [4.78, 5) is 0. The first-order valence-electron chi connectivity index (χ1n) is 8.05. The van der Waals surface area contributed by atoms with Crippen LogP contribution in [0.2, 0.25) is 0 Å². The van der Waals surface area contributed by atoms with Crippen molar-refractivity contribution in [2.24, 2.45) is 5.41 Å². The second-order valence-corrected chi connectivity index (χ2v) is 7.25. The number of hydrogen-bond donors (Lipinski definition) is 1. The Morgan fingerprint density at radius 1 is 1.05 bits per heavy atom. The van der Waals surface area contributed by atoms with Crippen molar-refractivity contribution in [2.75, 3.05) is 6.54 Å². The Kier molecular flexibility index (Phi) is 6.26. The lowest BCUT2D eigenvalue weighted by molar-refractivity contribution is 0.254. The quantitative estimate of drug-likeness (QED) is 0.774. The third kappa shape index (κ3) is 4.94. The first-order valence-corrected chi connectivity index (χ1v) is 8.05. The largest absolute Gasteiger partial charge is 0.314 e. The van der Waals surface area contributed by atoms with E-state index in [9.17, 15) is 0 Å². The molecule has 0 radical (unpaired) electrons. The van der Waals surface area contributed by atoms with Gasteiger partial charge in [-0.25, -0.2) is 0 Å². The molecule has 1 atom stereocenters. The fraction of sp³-hybridized carbons (Fsp3) is 0.684. The van der Waals surface area contributed by atoms with Gasteiger partial charge in [-0.2, -0.15) is 0 Å². The van der Waals surface area contributed by atoms with Crippen LogP contribution in [0.5, 0.6) is 0 Å². The molecule has 0 aromatic heterocycles. The van der Waals surface area contributed by atoms with Crippen molar-refractivity contribution in [1.29, 1.82) is 0 Å². The molecule has 0 saturated carbocycles. The lowest BCUT2D eigenvalue weighted by Crippen LogP contribution is -2.40. The fourth-order valence-corrected chi connectivity index (χ4v) is 3.17. The second kappa shape index (κ2) is 7.26. The highest BCUT2D eigenvalue weighted by Gasteiger charge is 2.23. The van der Waals surface area contributed by atoms with Gasteiger partial charge in [-0.05, 0) is 68.7 Å². The van der Waals surface area contributed by atoms with E-state index in [1.165, 1.54) is 36.0 Å². The number of benzene rings is 1. The molecule has 0 aliphatic carbocycles. The van der Waals surface area contributed by atoms with Gasteiger partial charge < -0.3 is 5.32 Å². The number of nitrogens with one attached hydrogen (secondary N) is 1. The monoisotopic (exact) mass is 275 g/mol. The van der Waals surface area contributed by atoms with Crippen molar-refractivity contribution in [3.63, 3.8) is 0 Å². The van der Waals surface area contributed by atoms with Crippen LogP contribution in [0.3, 0.4) is 0 Å². The lowest BCUT2D eigenvalue weighted by Gasteiger charge is -2.31. The number of rotatable bonds is 6. The zero-order valence-corrected chi connectivity index (χ0v) is 14.6. The third-order valence-electron chi connectivity index (χ3n) is 4.26. The Balaban J connectivity index is 2.64. The van der Waals surface area contributed by atoms with Crippen LogP contribution in [0.1, 0.15) is 62.8 Å². The van der Waals surface area contributed by atoms with Gasteiger partial charge in [0.15, 0.2) is 0 Å². The maximum absolute atomic E-state index is 3.65. The van der Waals surface area contributed by atoms with Crippen molar-refractivity contribution in [2.45, 2.75) is 73.8 Å². The predicted molar refractivity (Wildman–Crippen MR) is 90.5 cm³/mol. The zero-order chi connectivity index (χ0) is 15.3. The first kappa shape index (κ1) is 17.2. The maximum atomic E-state index is 3.65. The smallest absolute Gasteiger partial charge is 0.0116 e. The van der Waals surface area contributed by atoms with Crippen LogP contribution in [-0.2, 0) is 6.42 Å². The van der Waals surface area contributed by atoms with Gasteiger partial charge in [0.2, 0.25) is 0 Å². The van der Waals surface area contributed by atoms with E-state index < -0.39 is 0 Å². The first-order chi connectivity index (χ1) is 9.25. The van der Waals surface area contributed by atoms with Crippen molar-refractivity contribution in [1.82, 2.24) is 5.32 Å². The average molecular weight is 275 g/mol.